The molecule has 2 aliphatic rings. The van der Waals surface area contributed by atoms with Crippen molar-refractivity contribution >= 4 is 11.7 Å². The van der Waals surface area contributed by atoms with Gasteiger partial charge in [0.05, 0.1) is 12.1 Å². The largest absolute Gasteiger partial charge is 0.390 e. The number of nitrogens with two attached hydrogens (primary N) is 1. The van der Waals surface area contributed by atoms with Crippen LogP contribution in [0, 0.1) is 0 Å². The first-order valence-electron chi connectivity index (χ1n) is 7.58. The summed E-state index contributed by atoms with van der Waals surface area (Å²) in [6.07, 6.45) is 4.92. The minimum atomic E-state index is -0.453. The van der Waals surface area contributed by atoms with Gasteiger partial charge in [-0.2, -0.15) is 0 Å². The zero-order valence-corrected chi connectivity index (χ0v) is 12.1. The van der Waals surface area contributed by atoms with Crippen LogP contribution in [0.3, 0.4) is 0 Å². The summed E-state index contributed by atoms with van der Waals surface area (Å²) in [6, 6.07) is 3.47. The predicted molar refractivity (Wildman–Crippen MR) is 80.2 cm³/mol. The number of amides is 1. The number of aromatic nitrogens is 1. The topological polar surface area (TPSA) is 82.7 Å². The van der Waals surface area contributed by atoms with E-state index in [4.69, 9.17) is 5.73 Å². The molecule has 0 spiro atoms. The highest BCUT2D eigenvalue weighted by atomic mass is 16.3. The standard InChI is InChI=1S/C15H22N4O2/c16-15(21)11-4-5-17-14(8-11)19-9-12(13(20)10-19)18-6-2-1-3-7-18/h4-5,8,12-13,20H,1-3,6-7,9-10H2,(H2,16,21)/t12-,13-/m0/s1. The van der Waals surface area contributed by atoms with E-state index in [2.05, 4.69) is 9.88 Å². The van der Waals surface area contributed by atoms with E-state index in [1.165, 1.54) is 19.3 Å². The Balaban J connectivity index is 1.73. The molecule has 0 bridgehead atoms. The average molecular weight is 290 g/mol. The number of primary amides is 1. The molecular formula is C15H22N4O2. The van der Waals surface area contributed by atoms with Crippen LogP contribution in [-0.4, -0.2) is 59.2 Å². The van der Waals surface area contributed by atoms with Crippen molar-refractivity contribution in [2.75, 3.05) is 31.1 Å². The fraction of sp³-hybridized carbons (Fsp3) is 0.600. The number of aliphatic hydroxyl groups excluding tert-OH is 1. The van der Waals surface area contributed by atoms with Gasteiger partial charge in [-0.05, 0) is 38.1 Å². The van der Waals surface area contributed by atoms with E-state index in [1.807, 2.05) is 4.90 Å². The number of piperidine rings is 1. The smallest absolute Gasteiger partial charge is 0.248 e. The summed E-state index contributed by atoms with van der Waals surface area (Å²) in [4.78, 5) is 20.0. The van der Waals surface area contributed by atoms with Gasteiger partial charge in [0, 0.05) is 24.8 Å². The highest BCUT2D eigenvalue weighted by molar-refractivity contribution is 5.93. The van der Waals surface area contributed by atoms with Gasteiger partial charge in [0.1, 0.15) is 5.82 Å². The van der Waals surface area contributed by atoms with E-state index in [9.17, 15) is 9.90 Å². The predicted octanol–water partition coefficient (Wildman–Crippen LogP) is 0.216. The van der Waals surface area contributed by atoms with Crippen LogP contribution in [0.5, 0.6) is 0 Å². The second-order valence-electron chi connectivity index (χ2n) is 5.90. The van der Waals surface area contributed by atoms with Crippen LogP contribution in [0.2, 0.25) is 0 Å². The third-order valence-corrected chi connectivity index (χ3v) is 4.47. The second kappa shape index (κ2) is 5.99. The number of β-amino-alcohol motifs (C(OH)–C–C–N with tert-alkyl or cyclic N) is 1. The van der Waals surface area contributed by atoms with Gasteiger partial charge in [0.25, 0.3) is 0 Å². The summed E-state index contributed by atoms with van der Waals surface area (Å²) in [7, 11) is 0. The SMILES string of the molecule is NC(=O)c1ccnc(N2C[C@H](O)[C@@H](N3CCCCC3)C2)c1. The maximum Gasteiger partial charge on any atom is 0.248 e. The normalized spacial score (nSPS) is 27.0. The average Bonchev–Trinajstić information content (AvgIpc) is 2.90. The van der Waals surface area contributed by atoms with E-state index in [1.54, 1.807) is 18.3 Å². The Bertz CT molecular complexity index is 516. The van der Waals surface area contributed by atoms with Crippen molar-refractivity contribution in [3.05, 3.63) is 23.9 Å². The Labute approximate surface area is 124 Å². The Morgan fingerprint density at radius 1 is 1.29 bits per heavy atom. The van der Waals surface area contributed by atoms with Crippen molar-refractivity contribution in [1.29, 1.82) is 0 Å². The number of likely N-dealkylation sites (tertiary alicyclic amines) is 1. The van der Waals surface area contributed by atoms with Gasteiger partial charge in [0.15, 0.2) is 0 Å². The third kappa shape index (κ3) is 3.01. The third-order valence-electron chi connectivity index (χ3n) is 4.47. The van der Waals surface area contributed by atoms with Gasteiger partial charge in [-0.15, -0.1) is 0 Å². The number of hydrogen-bond donors (Lipinski definition) is 2. The molecule has 6 nitrogen and oxygen atoms in total. The highest BCUT2D eigenvalue weighted by Crippen LogP contribution is 2.24. The number of carbonyl (C=O) groups excluding carboxylic acids is 1. The number of rotatable bonds is 3. The number of carbonyl (C=O) groups is 1. The zero-order valence-electron chi connectivity index (χ0n) is 12.1. The molecule has 0 saturated carbocycles. The summed E-state index contributed by atoms with van der Waals surface area (Å²) < 4.78 is 0. The number of pyridine rings is 1. The molecule has 114 valence electrons. The number of hydrogen-bond acceptors (Lipinski definition) is 5. The van der Waals surface area contributed by atoms with E-state index in [0.29, 0.717) is 17.9 Å². The van der Waals surface area contributed by atoms with Gasteiger partial charge in [-0.1, -0.05) is 6.42 Å². The lowest BCUT2D eigenvalue weighted by Gasteiger charge is -2.33. The molecule has 1 aromatic heterocycles. The van der Waals surface area contributed by atoms with E-state index < -0.39 is 5.91 Å². The van der Waals surface area contributed by atoms with Crippen molar-refractivity contribution in [2.24, 2.45) is 5.73 Å². The first-order chi connectivity index (χ1) is 10.1. The van der Waals surface area contributed by atoms with Gasteiger partial charge in [0.2, 0.25) is 5.91 Å². The molecule has 3 rings (SSSR count). The quantitative estimate of drug-likeness (QED) is 0.832. The summed E-state index contributed by atoms with van der Waals surface area (Å²) in [5.74, 6) is 0.260. The molecule has 3 heterocycles. The summed E-state index contributed by atoms with van der Waals surface area (Å²) in [5, 5.41) is 10.3. The van der Waals surface area contributed by atoms with Crippen molar-refractivity contribution < 1.29 is 9.90 Å². The molecule has 0 radical (unpaired) electrons. The summed E-state index contributed by atoms with van der Waals surface area (Å²) >= 11 is 0. The van der Waals surface area contributed by atoms with Crippen LogP contribution in [0.4, 0.5) is 5.82 Å². The molecular weight excluding hydrogens is 268 g/mol. The Kier molecular flexibility index (Phi) is 4.07. The maximum atomic E-state index is 11.3. The van der Waals surface area contributed by atoms with Crippen LogP contribution in [0.15, 0.2) is 18.3 Å². The number of aliphatic hydroxyl groups is 1. The molecule has 1 amide bonds. The molecule has 6 heteroatoms. The van der Waals surface area contributed by atoms with Crippen LogP contribution in [0.1, 0.15) is 29.6 Å². The maximum absolute atomic E-state index is 11.3. The number of nitrogens with zero attached hydrogens (tertiary/aromatic N) is 3. The van der Waals surface area contributed by atoms with Crippen LogP contribution in [0.25, 0.3) is 0 Å². The molecule has 2 fully saturated rings. The second-order valence-corrected chi connectivity index (χ2v) is 5.90. The molecule has 2 saturated heterocycles. The van der Waals surface area contributed by atoms with E-state index >= 15 is 0 Å². The summed E-state index contributed by atoms with van der Waals surface area (Å²) in [5.41, 5.74) is 5.76. The van der Waals surface area contributed by atoms with Crippen molar-refractivity contribution in [3.63, 3.8) is 0 Å². The van der Waals surface area contributed by atoms with Gasteiger partial charge in [-0.3, -0.25) is 9.69 Å². The fourth-order valence-corrected chi connectivity index (χ4v) is 3.31. The van der Waals surface area contributed by atoms with Gasteiger partial charge < -0.3 is 15.7 Å². The minimum absolute atomic E-state index is 0.157. The summed E-state index contributed by atoms with van der Waals surface area (Å²) in [6.45, 7) is 3.42. The van der Waals surface area contributed by atoms with Crippen molar-refractivity contribution in [1.82, 2.24) is 9.88 Å². The first-order valence-corrected chi connectivity index (χ1v) is 7.58. The molecule has 0 aromatic carbocycles. The number of anilines is 1. The van der Waals surface area contributed by atoms with E-state index in [0.717, 1.165) is 19.6 Å². The molecule has 2 aliphatic heterocycles. The van der Waals surface area contributed by atoms with Crippen molar-refractivity contribution in [2.45, 2.75) is 31.4 Å². The molecule has 3 N–H and O–H groups in total. The van der Waals surface area contributed by atoms with Gasteiger partial charge >= 0.3 is 0 Å². The first kappa shape index (κ1) is 14.3. The van der Waals surface area contributed by atoms with Crippen LogP contribution >= 0.6 is 0 Å². The van der Waals surface area contributed by atoms with Crippen molar-refractivity contribution in [3.8, 4) is 0 Å². The Morgan fingerprint density at radius 3 is 2.76 bits per heavy atom. The highest BCUT2D eigenvalue weighted by Gasteiger charge is 2.36. The lowest BCUT2D eigenvalue weighted by atomic mass is 10.1. The lowest BCUT2D eigenvalue weighted by Crippen LogP contribution is -2.45. The van der Waals surface area contributed by atoms with Gasteiger partial charge in [-0.25, -0.2) is 4.98 Å². The molecule has 1 aromatic rings. The molecule has 0 unspecified atom stereocenters. The Morgan fingerprint density at radius 2 is 2.05 bits per heavy atom. The van der Waals surface area contributed by atoms with E-state index in [-0.39, 0.29) is 12.1 Å². The molecule has 2 atom stereocenters. The zero-order chi connectivity index (χ0) is 14.8. The van der Waals surface area contributed by atoms with Crippen LogP contribution < -0.4 is 10.6 Å². The van der Waals surface area contributed by atoms with Crippen LogP contribution in [-0.2, 0) is 0 Å². The lowest BCUT2D eigenvalue weighted by molar-refractivity contribution is 0.0706. The minimum Gasteiger partial charge on any atom is -0.390 e. The monoisotopic (exact) mass is 290 g/mol. The molecule has 21 heavy (non-hydrogen) atoms. The fourth-order valence-electron chi connectivity index (χ4n) is 3.31. The molecule has 0 aliphatic carbocycles. The Hall–Kier alpha value is -1.66.